The van der Waals surface area contributed by atoms with Crippen molar-refractivity contribution in [1.82, 2.24) is 4.90 Å². The van der Waals surface area contributed by atoms with Gasteiger partial charge < -0.3 is 15.7 Å². The number of carbonyl (C=O) groups is 1. The smallest absolute Gasteiger partial charge is 0.257 e. The number of aliphatic hydroxyl groups excluding tert-OH is 1. The van der Waals surface area contributed by atoms with E-state index in [1.54, 1.807) is 23.1 Å². The molecule has 1 fully saturated rings. The van der Waals surface area contributed by atoms with Crippen LogP contribution in [0.5, 0.6) is 0 Å². The monoisotopic (exact) mass is 268 g/mol. The summed E-state index contributed by atoms with van der Waals surface area (Å²) in [6.07, 6.45) is 3.09. The third-order valence-electron chi connectivity index (χ3n) is 3.38. The SMILES string of the molecule is Nc1cccc(Cl)c1C(=O)N(CCO)C1CCC1. The molecule has 0 aliphatic heterocycles. The molecule has 1 aliphatic carbocycles. The summed E-state index contributed by atoms with van der Waals surface area (Å²) in [6.45, 7) is 0.279. The minimum Gasteiger partial charge on any atom is -0.398 e. The van der Waals surface area contributed by atoms with Crippen LogP contribution >= 0.6 is 11.6 Å². The summed E-state index contributed by atoms with van der Waals surface area (Å²) in [6, 6.07) is 5.24. The van der Waals surface area contributed by atoms with Crippen LogP contribution < -0.4 is 5.73 Å². The number of carbonyl (C=O) groups excluding carboxylic acids is 1. The van der Waals surface area contributed by atoms with E-state index in [1.807, 2.05) is 0 Å². The molecule has 1 saturated carbocycles. The molecule has 1 amide bonds. The first-order valence-electron chi connectivity index (χ1n) is 6.11. The summed E-state index contributed by atoms with van der Waals surface area (Å²) in [5, 5.41) is 9.44. The molecule has 3 N–H and O–H groups in total. The lowest BCUT2D eigenvalue weighted by Crippen LogP contribution is -2.45. The lowest BCUT2D eigenvalue weighted by atomic mass is 9.91. The van der Waals surface area contributed by atoms with Gasteiger partial charge in [-0.3, -0.25) is 4.79 Å². The fourth-order valence-electron chi connectivity index (χ4n) is 2.17. The van der Waals surface area contributed by atoms with Gasteiger partial charge in [0, 0.05) is 18.3 Å². The van der Waals surface area contributed by atoms with E-state index in [2.05, 4.69) is 0 Å². The molecule has 0 unspecified atom stereocenters. The Balaban J connectivity index is 2.27. The summed E-state index contributed by atoms with van der Waals surface area (Å²) in [5.74, 6) is -0.183. The molecule has 1 aromatic rings. The second-order valence-electron chi connectivity index (χ2n) is 4.51. The molecule has 1 aromatic carbocycles. The van der Waals surface area contributed by atoms with Crippen molar-refractivity contribution in [2.24, 2.45) is 0 Å². The zero-order chi connectivity index (χ0) is 13.1. The molecular weight excluding hydrogens is 252 g/mol. The highest BCUT2D eigenvalue weighted by atomic mass is 35.5. The molecule has 4 nitrogen and oxygen atoms in total. The van der Waals surface area contributed by atoms with E-state index in [4.69, 9.17) is 22.4 Å². The summed E-state index contributed by atoms with van der Waals surface area (Å²) < 4.78 is 0. The van der Waals surface area contributed by atoms with Crippen molar-refractivity contribution in [3.8, 4) is 0 Å². The Bertz CT molecular complexity index is 426. The summed E-state index contributed by atoms with van der Waals surface area (Å²) in [4.78, 5) is 14.1. The van der Waals surface area contributed by atoms with Gasteiger partial charge in [0.2, 0.25) is 0 Å². The van der Waals surface area contributed by atoms with E-state index in [9.17, 15) is 4.79 Å². The Morgan fingerprint density at radius 2 is 2.22 bits per heavy atom. The Hall–Kier alpha value is -1.26. The van der Waals surface area contributed by atoms with E-state index in [1.165, 1.54) is 0 Å². The summed E-state index contributed by atoms with van der Waals surface area (Å²) in [7, 11) is 0. The number of aliphatic hydroxyl groups is 1. The molecule has 0 radical (unpaired) electrons. The largest absolute Gasteiger partial charge is 0.398 e. The number of halogens is 1. The average molecular weight is 269 g/mol. The zero-order valence-electron chi connectivity index (χ0n) is 10.1. The van der Waals surface area contributed by atoms with Crippen LogP contribution in [-0.2, 0) is 0 Å². The van der Waals surface area contributed by atoms with Gasteiger partial charge in [0.25, 0.3) is 5.91 Å². The molecule has 0 aromatic heterocycles. The van der Waals surface area contributed by atoms with Gasteiger partial charge in [0.15, 0.2) is 0 Å². The highest BCUT2D eigenvalue weighted by molar-refractivity contribution is 6.34. The van der Waals surface area contributed by atoms with Gasteiger partial charge in [0.05, 0.1) is 17.2 Å². The van der Waals surface area contributed by atoms with Crippen molar-refractivity contribution < 1.29 is 9.90 Å². The second kappa shape index (κ2) is 5.59. The molecule has 5 heteroatoms. The molecule has 0 heterocycles. The third kappa shape index (κ3) is 2.44. The number of hydrogen-bond acceptors (Lipinski definition) is 3. The Morgan fingerprint density at radius 3 is 2.72 bits per heavy atom. The van der Waals surface area contributed by atoms with Crippen LogP contribution in [0, 0.1) is 0 Å². The number of amides is 1. The predicted octanol–water partition coefficient (Wildman–Crippen LogP) is 1.91. The Morgan fingerprint density at radius 1 is 1.50 bits per heavy atom. The molecule has 0 spiro atoms. The van der Waals surface area contributed by atoms with Gasteiger partial charge in [-0.15, -0.1) is 0 Å². The fraction of sp³-hybridized carbons (Fsp3) is 0.462. The van der Waals surface area contributed by atoms with Crippen LogP contribution in [0.1, 0.15) is 29.6 Å². The molecular formula is C13H17ClN2O2. The first kappa shape index (κ1) is 13.2. The van der Waals surface area contributed by atoms with Crippen molar-refractivity contribution in [1.29, 1.82) is 0 Å². The van der Waals surface area contributed by atoms with Crippen LogP contribution in [0.15, 0.2) is 18.2 Å². The van der Waals surface area contributed by atoms with Gasteiger partial charge in [-0.2, -0.15) is 0 Å². The van der Waals surface area contributed by atoms with E-state index in [0.29, 0.717) is 22.8 Å². The first-order chi connectivity index (χ1) is 8.65. The van der Waals surface area contributed by atoms with Crippen LogP contribution in [0.25, 0.3) is 0 Å². The topological polar surface area (TPSA) is 66.6 Å². The minimum atomic E-state index is -0.183. The molecule has 0 saturated heterocycles. The Labute approximate surface area is 111 Å². The van der Waals surface area contributed by atoms with E-state index in [0.717, 1.165) is 19.3 Å². The predicted molar refractivity (Wildman–Crippen MR) is 71.6 cm³/mol. The van der Waals surface area contributed by atoms with Gasteiger partial charge in [0.1, 0.15) is 0 Å². The molecule has 98 valence electrons. The summed E-state index contributed by atoms with van der Waals surface area (Å²) in [5.41, 5.74) is 6.55. The van der Waals surface area contributed by atoms with E-state index >= 15 is 0 Å². The molecule has 0 atom stereocenters. The number of rotatable bonds is 4. The Kier molecular flexibility index (Phi) is 4.09. The highest BCUT2D eigenvalue weighted by Crippen LogP contribution is 2.29. The normalized spacial score (nSPS) is 15.2. The van der Waals surface area contributed by atoms with Crippen molar-refractivity contribution >= 4 is 23.2 Å². The lowest BCUT2D eigenvalue weighted by Gasteiger charge is -2.37. The maximum atomic E-state index is 12.5. The van der Waals surface area contributed by atoms with Crippen LogP contribution in [-0.4, -0.2) is 35.1 Å². The molecule has 1 aliphatic rings. The standard InChI is InChI=1S/C13H17ClN2O2/c14-10-5-2-6-11(15)12(10)13(18)16(7-8-17)9-3-1-4-9/h2,5-6,9,17H,1,3-4,7-8,15H2. The zero-order valence-corrected chi connectivity index (χ0v) is 10.9. The first-order valence-corrected chi connectivity index (χ1v) is 6.48. The quantitative estimate of drug-likeness (QED) is 0.820. The van der Waals surface area contributed by atoms with Gasteiger partial charge in [-0.25, -0.2) is 0 Å². The molecule has 0 bridgehead atoms. The van der Waals surface area contributed by atoms with E-state index in [-0.39, 0.29) is 18.6 Å². The number of benzene rings is 1. The van der Waals surface area contributed by atoms with E-state index < -0.39 is 0 Å². The second-order valence-corrected chi connectivity index (χ2v) is 4.92. The third-order valence-corrected chi connectivity index (χ3v) is 3.69. The lowest BCUT2D eigenvalue weighted by molar-refractivity contribution is 0.0527. The van der Waals surface area contributed by atoms with Crippen LogP contribution in [0.2, 0.25) is 5.02 Å². The molecule has 18 heavy (non-hydrogen) atoms. The number of nitrogen functional groups attached to an aromatic ring is 1. The maximum Gasteiger partial charge on any atom is 0.257 e. The van der Waals surface area contributed by atoms with Crippen molar-refractivity contribution in [2.75, 3.05) is 18.9 Å². The van der Waals surface area contributed by atoms with Crippen molar-refractivity contribution in [3.05, 3.63) is 28.8 Å². The average Bonchev–Trinajstić information content (AvgIpc) is 2.25. The van der Waals surface area contributed by atoms with Crippen molar-refractivity contribution in [2.45, 2.75) is 25.3 Å². The number of nitrogens with two attached hydrogens (primary N) is 1. The number of hydrogen-bond donors (Lipinski definition) is 2. The van der Waals surface area contributed by atoms with Gasteiger partial charge >= 0.3 is 0 Å². The van der Waals surface area contributed by atoms with Crippen molar-refractivity contribution in [3.63, 3.8) is 0 Å². The van der Waals surface area contributed by atoms with Crippen LogP contribution in [0.3, 0.4) is 0 Å². The fourth-order valence-corrected chi connectivity index (χ4v) is 2.43. The maximum absolute atomic E-state index is 12.5. The van der Waals surface area contributed by atoms with Gasteiger partial charge in [-0.05, 0) is 31.4 Å². The van der Waals surface area contributed by atoms with Crippen LogP contribution in [0.4, 0.5) is 5.69 Å². The minimum absolute atomic E-state index is 0.0490. The highest BCUT2D eigenvalue weighted by Gasteiger charge is 2.30. The summed E-state index contributed by atoms with van der Waals surface area (Å²) >= 11 is 6.04. The molecule has 2 rings (SSSR count). The number of nitrogens with zero attached hydrogens (tertiary/aromatic N) is 1. The van der Waals surface area contributed by atoms with Gasteiger partial charge in [-0.1, -0.05) is 17.7 Å². The number of anilines is 1.